The highest BCUT2D eigenvalue weighted by atomic mass is 16.5. The predicted octanol–water partition coefficient (Wildman–Crippen LogP) is 1.66. The molecule has 0 aliphatic heterocycles. The van der Waals surface area contributed by atoms with Crippen molar-refractivity contribution in [2.24, 2.45) is 0 Å². The average Bonchev–Trinajstić information content (AvgIpc) is 2.99. The topological polar surface area (TPSA) is 83.0 Å². The minimum atomic E-state index is -0.216. The highest BCUT2D eigenvalue weighted by molar-refractivity contribution is 5.55. The summed E-state index contributed by atoms with van der Waals surface area (Å²) in [5.41, 5.74) is 1.28. The van der Waals surface area contributed by atoms with Gasteiger partial charge in [0.05, 0.1) is 12.8 Å². The number of hydrogen-bond donors (Lipinski definition) is 0. The van der Waals surface area contributed by atoms with E-state index < -0.39 is 0 Å². The smallest absolute Gasteiger partial charge is 0.267 e. The molecule has 0 saturated carbocycles. The first kappa shape index (κ1) is 14.0. The first-order chi connectivity index (χ1) is 10.7. The molecule has 0 aliphatic rings. The van der Waals surface area contributed by atoms with E-state index in [4.69, 9.17) is 9.15 Å². The van der Waals surface area contributed by atoms with Crippen molar-refractivity contribution in [3.63, 3.8) is 0 Å². The minimum Gasteiger partial charge on any atom is -0.497 e. The van der Waals surface area contributed by atoms with Crippen LogP contribution >= 0.6 is 0 Å². The lowest BCUT2D eigenvalue weighted by Crippen LogP contribution is -2.23. The molecule has 0 amide bonds. The van der Waals surface area contributed by atoms with Gasteiger partial charge < -0.3 is 9.15 Å². The molecular weight excluding hydrogens is 284 g/mol. The molecule has 2 heterocycles. The summed E-state index contributed by atoms with van der Waals surface area (Å²) in [4.78, 5) is 11.7. The summed E-state index contributed by atoms with van der Waals surface area (Å²) < 4.78 is 12.0. The summed E-state index contributed by atoms with van der Waals surface area (Å²) in [5, 5.41) is 12.1. The van der Waals surface area contributed by atoms with Crippen LogP contribution in [0.3, 0.4) is 0 Å². The molecule has 7 heteroatoms. The lowest BCUT2D eigenvalue weighted by Gasteiger charge is -2.01. The SMILES string of the molecule is COc1cccc(-c2nnc(Cn3nc(C)ccc3=O)o2)c1. The van der Waals surface area contributed by atoms with Gasteiger partial charge in [-0.25, -0.2) is 4.68 Å². The molecule has 0 atom stereocenters. The molecule has 7 nitrogen and oxygen atoms in total. The maximum Gasteiger partial charge on any atom is 0.267 e. The number of nitrogens with zero attached hydrogens (tertiary/aromatic N) is 4. The third kappa shape index (κ3) is 2.88. The van der Waals surface area contributed by atoms with Gasteiger partial charge in [0.2, 0.25) is 11.8 Å². The van der Waals surface area contributed by atoms with Crippen LogP contribution in [0.1, 0.15) is 11.6 Å². The van der Waals surface area contributed by atoms with Gasteiger partial charge in [0.25, 0.3) is 5.56 Å². The van der Waals surface area contributed by atoms with Crippen molar-refractivity contribution < 1.29 is 9.15 Å². The Morgan fingerprint density at radius 1 is 1.23 bits per heavy atom. The Hall–Kier alpha value is -2.96. The molecule has 0 saturated heterocycles. The Morgan fingerprint density at radius 3 is 2.91 bits per heavy atom. The second-order valence-corrected chi connectivity index (χ2v) is 4.70. The zero-order valence-electron chi connectivity index (χ0n) is 12.2. The minimum absolute atomic E-state index is 0.136. The fraction of sp³-hybridized carbons (Fsp3) is 0.200. The Balaban J connectivity index is 1.87. The van der Waals surface area contributed by atoms with Crippen LogP contribution in [0, 0.1) is 6.92 Å². The van der Waals surface area contributed by atoms with Gasteiger partial charge >= 0.3 is 0 Å². The van der Waals surface area contributed by atoms with E-state index in [1.54, 1.807) is 19.2 Å². The van der Waals surface area contributed by atoms with E-state index in [-0.39, 0.29) is 12.1 Å². The molecule has 112 valence electrons. The standard InChI is InChI=1S/C15H14N4O3/c1-10-6-7-14(20)19(18-10)9-13-16-17-15(22-13)11-4-3-5-12(8-11)21-2/h3-8H,9H2,1-2H3. The van der Waals surface area contributed by atoms with E-state index >= 15 is 0 Å². The molecule has 3 rings (SSSR count). The van der Waals surface area contributed by atoms with Crippen molar-refractivity contribution in [1.29, 1.82) is 0 Å². The van der Waals surface area contributed by atoms with Crippen LogP contribution in [0.5, 0.6) is 5.75 Å². The monoisotopic (exact) mass is 298 g/mol. The summed E-state index contributed by atoms with van der Waals surface area (Å²) in [6, 6.07) is 10.4. The molecule has 0 radical (unpaired) electrons. The van der Waals surface area contributed by atoms with Crippen molar-refractivity contribution in [3.05, 3.63) is 58.3 Å². The summed E-state index contributed by atoms with van der Waals surface area (Å²) in [6.07, 6.45) is 0. The lowest BCUT2D eigenvalue weighted by atomic mass is 10.2. The van der Waals surface area contributed by atoms with Crippen LogP contribution in [-0.4, -0.2) is 27.1 Å². The van der Waals surface area contributed by atoms with E-state index in [1.165, 1.54) is 10.7 Å². The summed E-state index contributed by atoms with van der Waals surface area (Å²) in [6.45, 7) is 1.95. The number of ether oxygens (including phenoxy) is 1. The lowest BCUT2D eigenvalue weighted by molar-refractivity contribution is 0.414. The largest absolute Gasteiger partial charge is 0.497 e. The Labute approximate surface area is 126 Å². The molecule has 3 aromatic rings. The molecule has 0 unspecified atom stereocenters. The third-order valence-electron chi connectivity index (χ3n) is 3.07. The predicted molar refractivity (Wildman–Crippen MR) is 78.6 cm³/mol. The van der Waals surface area contributed by atoms with Crippen LogP contribution in [0.15, 0.2) is 45.6 Å². The maximum absolute atomic E-state index is 11.7. The van der Waals surface area contributed by atoms with Crippen molar-refractivity contribution in [1.82, 2.24) is 20.0 Å². The van der Waals surface area contributed by atoms with Gasteiger partial charge in [-0.05, 0) is 31.2 Å². The number of aromatic nitrogens is 4. The van der Waals surface area contributed by atoms with Gasteiger partial charge in [-0.15, -0.1) is 10.2 Å². The summed E-state index contributed by atoms with van der Waals surface area (Å²) in [5.74, 6) is 1.39. The van der Waals surface area contributed by atoms with Crippen LogP contribution < -0.4 is 10.3 Å². The van der Waals surface area contributed by atoms with E-state index in [0.29, 0.717) is 17.5 Å². The number of hydrogen-bond acceptors (Lipinski definition) is 6. The van der Waals surface area contributed by atoms with Crippen LogP contribution in [-0.2, 0) is 6.54 Å². The van der Waals surface area contributed by atoms with Crippen LogP contribution in [0.4, 0.5) is 0 Å². The van der Waals surface area contributed by atoms with Crippen LogP contribution in [0.2, 0.25) is 0 Å². The second kappa shape index (κ2) is 5.80. The van der Waals surface area contributed by atoms with Crippen molar-refractivity contribution in [2.45, 2.75) is 13.5 Å². The third-order valence-corrected chi connectivity index (χ3v) is 3.07. The Morgan fingerprint density at radius 2 is 2.09 bits per heavy atom. The fourth-order valence-corrected chi connectivity index (χ4v) is 1.98. The Bertz CT molecular complexity index is 854. The number of benzene rings is 1. The molecule has 0 N–H and O–H groups in total. The molecule has 1 aromatic carbocycles. The van der Waals surface area contributed by atoms with Gasteiger partial charge in [-0.1, -0.05) is 6.07 Å². The molecule has 22 heavy (non-hydrogen) atoms. The van der Waals surface area contributed by atoms with E-state index in [1.807, 2.05) is 25.1 Å². The average molecular weight is 298 g/mol. The molecule has 0 aliphatic carbocycles. The van der Waals surface area contributed by atoms with Gasteiger partial charge in [-0.2, -0.15) is 5.10 Å². The van der Waals surface area contributed by atoms with Crippen molar-refractivity contribution in [2.75, 3.05) is 7.11 Å². The highest BCUT2D eigenvalue weighted by Crippen LogP contribution is 2.22. The second-order valence-electron chi connectivity index (χ2n) is 4.70. The molecule has 0 fully saturated rings. The summed E-state index contributed by atoms with van der Waals surface area (Å²) in [7, 11) is 1.59. The van der Waals surface area contributed by atoms with Crippen molar-refractivity contribution in [3.8, 4) is 17.2 Å². The first-order valence-electron chi connectivity index (χ1n) is 6.67. The van der Waals surface area contributed by atoms with Gasteiger partial charge in [-0.3, -0.25) is 4.79 Å². The Kier molecular flexibility index (Phi) is 3.69. The van der Waals surface area contributed by atoms with Gasteiger partial charge in [0, 0.05) is 11.6 Å². The quantitative estimate of drug-likeness (QED) is 0.728. The van der Waals surface area contributed by atoms with Gasteiger partial charge in [0.1, 0.15) is 12.3 Å². The van der Waals surface area contributed by atoms with E-state index in [9.17, 15) is 4.79 Å². The van der Waals surface area contributed by atoms with E-state index in [0.717, 1.165) is 11.3 Å². The van der Waals surface area contributed by atoms with E-state index in [2.05, 4.69) is 15.3 Å². The molecule has 2 aromatic heterocycles. The molecular formula is C15H14N4O3. The summed E-state index contributed by atoms with van der Waals surface area (Å²) >= 11 is 0. The zero-order chi connectivity index (χ0) is 15.5. The number of methoxy groups -OCH3 is 1. The number of rotatable bonds is 4. The highest BCUT2D eigenvalue weighted by Gasteiger charge is 2.11. The molecule has 0 bridgehead atoms. The van der Waals surface area contributed by atoms with Gasteiger partial charge in [0.15, 0.2) is 0 Å². The zero-order valence-corrected chi connectivity index (χ0v) is 12.2. The van der Waals surface area contributed by atoms with Crippen molar-refractivity contribution >= 4 is 0 Å². The molecule has 0 spiro atoms. The normalized spacial score (nSPS) is 10.6. The fourth-order valence-electron chi connectivity index (χ4n) is 1.98. The maximum atomic E-state index is 11.7. The number of aryl methyl sites for hydroxylation is 1. The first-order valence-corrected chi connectivity index (χ1v) is 6.67. The van der Waals surface area contributed by atoms with Crippen LogP contribution in [0.25, 0.3) is 11.5 Å².